The van der Waals surface area contributed by atoms with E-state index in [2.05, 4.69) is 83.3 Å². The number of hydrogen-bond donors (Lipinski definition) is 1. The van der Waals surface area contributed by atoms with Crippen molar-refractivity contribution in [2.24, 2.45) is 5.41 Å². The van der Waals surface area contributed by atoms with E-state index in [4.69, 9.17) is 9.47 Å². The van der Waals surface area contributed by atoms with Crippen LogP contribution in [0.15, 0.2) is 42.5 Å². The quantitative estimate of drug-likeness (QED) is 0.629. The first-order valence-corrected chi connectivity index (χ1v) is 9.68. The first-order chi connectivity index (χ1) is 12.6. The lowest BCUT2D eigenvalue weighted by atomic mass is 9.82. The zero-order valence-electron chi connectivity index (χ0n) is 18.0. The minimum atomic E-state index is 0.0752. The molecular formula is C24H35NO2. The van der Waals surface area contributed by atoms with Crippen LogP contribution in [0.4, 0.5) is 0 Å². The second-order valence-corrected chi connectivity index (χ2v) is 9.24. The molecule has 0 aliphatic carbocycles. The molecule has 0 fully saturated rings. The fourth-order valence-corrected chi connectivity index (χ4v) is 3.63. The largest absolute Gasteiger partial charge is 0.493 e. The van der Waals surface area contributed by atoms with Crippen molar-refractivity contribution in [2.75, 3.05) is 7.11 Å². The molecule has 0 spiro atoms. The van der Waals surface area contributed by atoms with Crippen LogP contribution in [0.1, 0.15) is 57.7 Å². The van der Waals surface area contributed by atoms with Crippen molar-refractivity contribution in [3.8, 4) is 11.5 Å². The van der Waals surface area contributed by atoms with Gasteiger partial charge < -0.3 is 14.8 Å². The third-order valence-electron chi connectivity index (χ3n) is 4.45. The van der Waals surface area contributed by atoms with Gasteiger partial charge >= 0.3 is 0 Å². The lowest BCUT2D eigenvalue weighted by molar-refractivity contribution is 0.240. The number of ether oxygens (including phenoxy) is 2. The maximum atomic E-state index is 5.99. The number of benzene rings is 2. The van der Waals surface area contributed by atoms with Crippen LogP contribution in [0.3, 0.4) is 0 Å². The first kappa shape index (κ1) is 21.3. The third kappa shape index (κ3) is 7.26. The molecule has 3 heteroatoms. The van der Waals surface area contributed by atoms with Gasteiger partial charge in [0.15, 0.2) is 11.5 Å². The molecule has 0 saturated heterocycles. The van der Waals surface area contributed by atoms with Gasteiger partial charge in [-0.3, -0.25) is 0 Å². The Labute approximate surface area is 165 Å². The van der Waals surface area contributed by atoms with Crippen molar-refractivity contribution >= 4 is 0 Å². The number of rotatable bonds is 8. The van der Waals surface area contributed by atoms with Crippen LogP contribution < -0.4 is 14.8 Å². The van der Waals surface area contributed by atoms with E-state index < -0.39 is 0 Å². The number of hydrogen-bond acceptors (Lipinski definition) is 3. The highest BCUT2D eigenvalue weighted by atomic mass is 16.5. The summed E-state index contributed by atoms with van der Waals surface area (Å²) in [6, 6.07) is 14.5. The van der Waals surface area contributed by atoms with Crippen LogP contribution in [-0.4, -0.2) is 12.6 Å². The van der Waals surface area contributed by atoms with Crippen molar-refractivity contribution in [3.05, 3.63) is 59.2 Å². The summed E-state index contributed by atoms with van der Waals surface area (Å²) >= 11 is 0. The lowest BCUT2D eigenvalue weighted by Gasteiger charge is -2.33. The van der Waals surface area contributed by atoms with Crippen molar-refractivity contribution in [1.82, 2.24) is 5.32 Å². The number of methoxy groups -OCH3 is 1. The Hall–Kier alpha value is -2.00. The molecule has 0 amide bonds. The number of nitrogens with one attached hydrogen (secondary N) is 1. The molecule has 0 unspecified atom stereocenters. The smallest absolute Gasteiger partial charge is 0.161 e. The molecule has 2 aromatic rings. The zero-order valence-corrected chi connectivity index (χ0v) is 18.0. The van der Waals surface area contributed by atoms with E-state index in [9.17, 15) is 0 Å². The highest BCUT2D eigenvalue weighted by molar-refractivity contribution is 5.43. The molecule has 0 aliphatic heterocycles. The van der Waals surface area contributed by atoms with E-state index in [-0.39, 0.29) is 5.54 Å². The Morgan fingerprint density at radius 3 is 2.26 bits per heavy atom. The second kappa shape index (κ2) is 8.79. The van der Waals surface area contributed by atoms with E-state index >= 15 is 0 Å². The van der Waals surface area contributed by atoms with Gasteiger partial charge in [0.05, 0.1) is 7.11 Å². The van der Waals surface area contributed by atoms with Crippen LogP contribution in [0.2, 0.25) is 0 Å². The van der Waals surface area contributed by atoms with Crippen LogP contribution in [0.5, 0.6) is 11.5 Å². The van der Waals surface area contributed by atoms with E-state index in [0.717, 1.165) is 30.0 Å². The average Bonchev–Trinajstić information content (AvgIpc) is 2.56. The van der Waals surface area contributed by atoms with Crippen molar-refractivity contribution in [1.29, 1.82) is 0 Å². The van der Waals surface area contributed by atoms with Gasteiger partial charge in [0.2, 0.25) is 0 Å². The van der Waals surface area contributed by atoms with Gasteiger partial charge in [-0.05, 0) is 55.9 Å². The van der Waals surface area contributed by atoms with Crippen LogP contribution in [-0.2, 0) is 13.2 Å². The molecule has 1 N–H and O–H groups in total. The Kier molecular flexibility index (Phi) is 6.94. The predicted molar refractivity (Wildman–Crippen MR) is 113 cm³/mol. The summed E-state index contributed by atoms with van der Waals surface area (Å²) in [4.78, 5) is 0. The van der Waals surface area contributed by atoms with Gasteiger partial charge in [0.25, 0.3) is 0 Å². The van der Waals surface area contributed by atoms with Crippen molar-refractivity contribution in [2.45, 2.75) is 66.7 Å². The summed E-state index contributed by atoms with van der Waals surface area (Å²) in [5.74, 6) is 1.55. The summed E-state index contributed by atoms with van der Waals surface area (Å²) in [5, 5.41) is 3.67. The molecule has 2 aromatic carbocycles. The Balaban J connectivity index is 2.00. The third-order valence-corrected chi connectivity index (χ3v) is 4.45. The summed E-state index contributed by atoms with van der Waals surface area (Å²) in [6.07, 6.45) is 1.11. The van der Waals surface area contributed by atoms with Gasteiger partial charge in [0, 0.05) is 12.1 Å². The Morgan fingerprint density at radius 1 is 0.889 bits per heavy atom. The molecule has 0 aromatic heterocycles. The molecule has 2 rings (SSSR count). The average molecular weight is 370 g/mol. The molecule has 0 saturated carbocycles. The van der Waals surface area contributed by atoms with Gasteiger partial charge in [0.1, 0.15) is 6.61 Å². The summed E-state index contributed by atoms with van der Waals surface area (Å²) in [6.45, 7) is 14.8. The molecular weight excluding hydrogens is 334 g/mol. The highest BCUT2D eigenvalue weighted by Crippen LogP contribution is 2.30. The van der Waals surface area contributed by atoms with E-state index in [1.54, 1.807) is 7.11 Å². The monoisotopic (exact) mass is 369 g/mol. The highest BCUT2D eigenvalue weighted by Gasteiger charge is 2.24. The first-order valence-electron chi connectivity index (χ1n) is 9.68. The van der Waals surface area contributed by atoms with E-state index in [1.807, 2.05) is 6.07 Å². The van der Waals surface area contributed by atoms with Crippen molar-refractivity contribution in [3.63, 3.8) is 0 Å². The fraction of sp³-hybridized carbons (Fsp3) is 0.500. The van der Waals surface area contributed by atoms with Gasteiger partial charge in [-0.15, -0.1) is 0 Å². The molecule has 0 radical (unpaired) electrons. The van der Waals surface area contributed by atoms with Crippen molar-refractivity contribution < 1.29 is 9.47 Å². The minimum Gasteiger partial charge on any atom is -0.493 e. The van der Waals surface area contributed by atoms with Crippen LogP contribution in [0.25, 0.3) is 0 Å². The second-order valence-electron chi connectivity index (χ2n) is 9.24. The topological polar surface area (TPSA) is 30.5 Å². The van der Waals surface area contributed by atoms with E-state index in [1.165, 1.54) is 11.1 Å². The summed E-state index contributed by atoms with van der Waals surface area (Å²) in [5.41, 5.74) is 3.96. The molecule has 0 heterocycles. The normalized spacial score (nSPS) is 12.1. The van der Waals surface area contributed by atoms with Gasteiger partial charge in [-0.1, -0.05) is 56.7 Å². The molecule has 3 nitrogen and oxygen atoms in total. The summed E-state index contributed by atoms with van der Waals surface area (Å²) in [7, 11) is 1.69. The maximum Gasteiger partial charge on any atom is 0.161 e. The lowest BCUT2D eigenvalue weighted by Crippen LogP contribution is -2.41. The molecule has 148 valence electrons. The van der Waals surface area contributed by atoms with E-state index in [0.29, 0.717) is 12.0 Å². The maximum absolute atomic E-state index is 5.99. The van der Waals surface area contributed by atoms with Crippen LogP contribution >= 0.6 is 0 Å². The number of aryl methyl sites for hydroxylation is 1. The zero-order chi connectivity index (χ0) is 20.1. The molecule has 0 bridgehead atoms. The predicted octanol–water partition coefficient (Wildman–Crippen LogP) is 5.89. The standard InChI is InChI=1S/C24H35NO2/c1-18-9-8-10-20(13-18)16-27-21-12-11-19(14-22(21)26-7)15-25-24(5,6)17-23(2,3)4/h8-14,25H,15-17H2,1-7H3. The van der Waals surface area contributed by atoms with Gasteiger partial charge in [-0.25, -0.2) is 0 Å². The molecule has 27 heavy (non-hydrogen) atoms. The fourth-order valence-electron chi connectivity index (χ4n) is 3.63. The van der Waals surface area contributed by atoms with Crippen LogP contribution in [0, 0.1) is 12.3 Å². The summed E-state index contributed by atoms with van der Waals surface area (Å²) < 4.78 is 11.5. The van der Waals surface area contributed by atoms with Gasteiger partial charge in [-0.2, -0.15) is 0 Å². The Morgan fingerprint density at radius 2 is 1.63 bits per heavy atom. The Bertz CT molecular complexity index is 744. The minimum absolute atomic E-state index is 0.0752. The molecule has 0 atom stereocenters. The molecule has 0 aliphatic rings. The SMILES string of the molecule is COc1cc(CNC(C)(C)CC(C)(C)C)ccc1OCc1cccc(C)c1.